The Balaban J connectivity index is 1.70. The maximum absolute atomic E-state index is 3.71. The number of likely N-dealkylation sites (N-methyl/N-ethyl adjacent to an activating group) is 1. The summed E-state index contributed by atoms with van der Waals surface area (Å²) in [6, 6.07) is 4.14. The molecule has 148 valence electrons. The molecule has 2 heterocycles. The van der Waals surface area contributed by atoms with Crippen molar-refractivity contribution >= 4 is 0 Å². The SMILES string of the molecule is CC(C)NC1CCN(C(C)CCC(C)N(C)C2CCN(C(C)C)C2)C1. The maximum atomic E-state index is 3.71. The highest BCUT2D eigenvalue weighted by atomic mass is 15.3. The van der Waals surface area contributed by atoms with Crippen LogP contribution in [-0.2, 0) is 0 Å². The number of hydrogen-bond acceptors (Lipinski definition) is 4. The molecular weight excluding hydrogens is 308 g/mol. The van der Waals surface area contributed by atoms with Crippen molar-refractivity contribution in [3.05, 3.63) is 0 Å². The second-order valence-corrected chi connectivity index (χ2v) is 9.27. The van der Waals surface area contributed by atoms with E-state index in [0.29, 0.717) is 30.2 Å². The first kappa shape index (κ1) is 21.1. The van der Waals surface area contributed by atoms with E-state index in [1.165, 1.54) is 51.9 Å². The molecule has 0 aromatic carbocycles. The molecule has 0 spiro atoms. The second kappa shape index (κ2) is 9.68. The summed E-state index contributed by atoms with van der Waals surface area (Å²) in [5.41, 5.74) is 0. The zero-order chi connectivity index (χ0) is 18.6. The van der Waals surface area contributed by atoms with Crippen LogP contribution in [0.2, 0.25) is 0 Å². The van der Waals surface area contributed by atoms with Crippen LogP contribution in [0.5, 0.6) is 0 Å². The zero-order valence-corrected chi connectivity index (χ0v) is 18.0. The Morgan fingerprint density at radius 1 is 0.920 bits per heavy atom. The highest BCUT2D eigenvalue weighted by Gasteiger charge is 2.30. The van der Waals surface area contributed by atoms with Crippen LogP contribution in [0.15, 0.2) is 0 Å². The van der Waals surface area contributed by atoms with E-state index in [1.54, 1.807) is 0 Å². The van der Waals surface area contributed by atoms with E-state index in [0.717, 1.165) is 6.04 Å². The third kappa shape index (κ3) is 6.20. The van der Waals surface area contributed by atoms with Gasteiger partial charge in [-0.05, 0) is 60.4 Å². The van der Waals surface area contributed by atoms with Gasteiger partial charge in [-0.15, -0.1) is 0 Å². The fourth-order valence-corrected chi connectivity index (χ4v) is 4.59. The molecule has 4 heteroatoms. The van der Waals surface area contributed by atoms with E-state index in [9.17, 15) is 0 Å². The fourth-order valence-electron chi connectivity index (χ4n) is 4.59. The number of likely N-dealkylation sites (tertiary alicyclic amines) is 2. The summed E-state index contributed by atoms with van der Waals surface area (Å²) >= 11 is 0. The molecule has 0 bridgehead atoms. The van der Waals surface area contributed by atoms with Crippen molar-refractivity contribution in [1.82, 2.24) is 20.0 Å². The van der Waals surface area contributed by atoms with E-state index in [4.69, 9.17) is 0 Å². The molecular formula is C21H44N4. The zero-order valence-electron chi connectivity index (χ0n) is 18.0. The molecule has 1 N–H and O–H groups in total. The number of nitrogens with zero attached hydrogens (tertiary/aromatic N) is 3. The summed E-state index contributed by atoms with van der Waals surface area (Å²) < 4.78 is 0. The predicted octanol–water partition coefficient (Wildman–Crippen LogP) is 3.03. The predicted molar refractivity (Wildman–Crippen MR) is 109 cm³/mol. The third-order valence-electron chi connectivity index (χ3n) is 6.61. The lowest BCUT2D eigenvalue weighted by Gasteiger charge is -2.33. The van der Waals surface area contributed by atoms with E-state index in [2.05, 4.69) is 68.6 Å². The molecule has 2 rings (SSSR count). The van der Waals surface area contributed by atoms with E-state index in [1.807, 2.05) is 0 Å². The first-order valence-electron chi connectivity index (χ1n) is 10.7. The lowest BCUT2D eigenvalue weighted by Crippen LogP contribution is -2.42. The largest absolute Gasteiger partial charge is 0.310 e. The average molecular weight is 353 g/mol. The highest BCUT2D eigenvalue weighted by molar-refractivity contribution is 4.87. The molecule has 0 aromatic rings. The van der Waals surface area contributed by atoms with Crippen molar-refractivity contribution in [1.29, 1.82) is 0 Å². The van der Waals surface area contributed by atoms with Gasteiger partial charge in [-0.25, -0.2) is 0 Å². The van der Waals surface area contributed by atoms with Gasteiger partial charge in [-0.3, -0.25) is 14.7 Å². The molecule has 0 amide bonds. The number of nitrogens with one attached hydrogen (secondary N) is 1. The molecule has 4 nitrogen and oxygen atoms in total. The molecule has 25 heavy (non-hydrogen) atoms. The maximum Gasteiger partial charge on any atom is 0.0235 e. The van der Waals surface area contributed by atoms with Crippen molar-refractivity contribution in [2.24, 2.45) is 0 Å². The molecule has 4 atom stereocenters. The molecule has 2 aliphatic heterocycles. The van der Waals surface area contributed by atoms with Gasteiger partial charge in [0.25, 0.3) is 0 Å². The van der Waals surface area contributed by atoms with Crippen LogP contribution in [0, 0.1) is 0 Å². The molecule has 2 fully saturated rings. The van der Waals surface area contributed by atoms with Crippen molar-refractivity contribution in [3.63, 3.8) is 0 Å². The normalized spacial score (nSPS) is 28.6. The quantitative estimate of drug-likeness (QED) is 0.688. The summed E-state index contributed by atoms with van der Waals surface area (Å²) in [5, 5.41) is 3.71. The van der Waals surface area contributed by atoms with Crippen LogP contribution in [0.25, 0.3) is 0 Å². The van der Waals surface area contributed by atoms with Gasteiger partial charge in [0.2, 0.25) is 0 Å². The molecule has 0 aliphatic carbocycles. The Kier molecular flexibility index (Phi) is 8.19. The highest BCUT2D eigenvalue weighted by Crippen LogP contribution is 2.22. The van der Waals surface area contributed by atoms with Crippen LogP contribution in [-0.4, -0.2) is 84.2 Å². The van der Waals surface area contributed by atoms with E-state index in [-0.39, 0.29) is 0 Å². The van der Waals surface area contributed by atoms with Gasteiger partial charge in [0.15, 0.2) is 0 Å². The van der Waals surface area contributed by atoms with Crippen LogP contribution < -0.4 is 5.32 Å². The van der Waals surface area contributed by atoms with Gasteiger partial charge >= 0.3 is 0 Å². The Bertz CT molecular complexity index is 384. The molecule has 2 saturated heterocycles. The monoisotopic (exact) mass is 352 g/mol. The Morgan fingerprint density at radius 3 is 2.20 bits per heavy atom. The van der Waals surface area contributed by atoms with Crippen LogP contribution in [0.4, 0.5) is 0 Å². The number of hydrogen-bond donors (Lipinski definition) is 1. The van der Waals surface area contributed by atoms with Gasteiger partial charge in [-0.2, -0.15) is 0 Å². The van der Waals surface area contributed by atoms with Gasteiger partial charge < -0.3 is 5.32 Å². The lowest BCUT2D eigenvalue weighted by atomic mass is 10.0. The van der Waals surface area contributed by atoms with Crippen molar-refractivity contribution in [3.8, 4) is 0 Å². The minimum absolute atomic E-state index is 0.603. The van der Waals surface area contributed by atoms with E-state index >= 15 is 0 Å². The average Bonchev–Trinajstić information content (AvgIpc) is 3.20. The molecule has 0 radical (unpaired) electrons. The summed E-state index contributed by atoms with van der Waals surface area (Å²) in [7, 11) is 2.35. The Morgan fingerprint density at radius 2 is 1.60 bits per heavy atom. The first-order chi connectivity index (χ1) is 11.8. The van der Waals surface area contributed by atoms with Gasteiger partial charge in [0.1, 0.15) is 0 Å². The van der Waals surface area contributed by atoms with Crippen LogP contribution in [0.1, 0.15) is 67.2 Å². The van der Waals surface area contributed by atoms with Gasteiger partial charge in [-0.1, -0.05) is 13.8 Å². The minimum Gasteiger partial charge on any atom is -0.310 e. The van der Waals surface area contributed by atoms with Crippen molar-refractivity contribution in [2.45, 2.75) is 103 Å². The summed E-state index contributed by atoms with van der Waals surface area (Å²) in [4.78, 5) is 7.98. The topological polar surface area (TPSA) is 21.8 Å². The first-order valence-corrected chi connectivity index (χ1v) is 10.7. The van der Waals surface area contributed by atoms with Crippen molar-refractivity contribution < 1.29 is 0 Å². The fraction of sp³-hybridized carbons (Fsp3) is 1.00. The van der Waals surface area contributed by atoms with Crippen LogP contribution >= 0.6 is 0 Å². The van der Waals surface area contributed by atoms with Crippen LogP contribution in [0.3, 0.4) is 0 Å². The van der Waals surface area contributed by atoms with E-state index < -0.39 is 0 Å². The molecule has 0 saturated carbocycles. The van der Waals surface area contributed by atoms with Gasteiger partial charge in [0, 0.05) is 62.4 Å². The van der Waals surface area contributed by atoms with Crippen molar-refractivity contribution in [2.75, 3.05) is 33.2 Å². The summed E-state index contributed by atoms with van der Waals surface area (Å²) in [5.74, 6) is 0. The minimum atomic E-state index is 0.603. The third-order valence-corrected chi connectivity index (χ3v) is 6.61. The Labute approximate surface area is 157 Å². The van der Waals surface area contributed by atoms with Gasteiger partial charge in [0.05, 0.1) is 0 Å². The Hall–Kier alpha value is -0.160. The molecule has 2 aliphatic rings. The molecule has 4 unspecified atom stereocenters. The molecule has 0 aromatic heterocycles. The summed E-state index contributed by atoms with van der Waals surface area (Å²) in [6.45, 7) is 19.0. The standard InChI is InChI=1S/C21H44N4/c1-16(2)22-20-10-12-25(14-20)19(6)9-8-18(5)23(7)21-11-13-24(15-21)17(3)4/h16-22H,8-15H2,1-7H3. The smallest absolute Gasteiger partial charge is 0.0235 e. The lowest BCUT2D eigenvalue weighted by molar-refractivity contribution is 0.152. The number of rotatable bonds is 9. The second-order valence-electron chi connectivity index (χ2n) is 9.27. The summed E-state index contributed by atoms with van der Waals surface area (Å²) in [6.07, 6.45) is 5.28.